The molecule has 1 heterocycles. The summed E-state index contributed by atoms with van der Waals surface area (Å²) >= 11 is 2.66. The summed E-state index contributed by atoms with van der Waals surface area (Å²) in [5, 5.41) is 0. The van der Waals surface area contributed by atoms with Gasteiger partial charge in [-0.3, -0.25) is 17.9 Å². The molecule has 0 aromatic carbocycles. The highest BCUT2D eigenvalue weighted by molar-refractivity contribution is 9.23. The van der Waals surface area contributed by atoms with Gasteiger partial charge in [0.05, 0.1) is 0 Å². The maximum Gasteiger partial charge on any atom is 0.509 e. The largest absolute Gasteiger partial charge is 0.509 e. The Morgan fingerprint density at radius 3 is 2.33 bits per heavy atom. The van der Waals surface area contributed by atoms with Gasteiger partial charge < -0.3 is 0 Å². The average molecular weight is 250 g/mol. The molecule has 0 fully saturated rings. The normalized spacial score (nSPS) is 11.0. The topological polar surface area (TPSA) is 12.9 Å². The first-order valence-corrected chi connectivity index (χ1v) is 7.72. The highest BCUT2D eigenvalue weighted by atomic mass is 79.9. The molecule has 0 saturated carbocycles. The number of aromatic nitrogens is 1. The molecule has 0 radical (unpaired) electrons. The van der Waals surface area contributed by atoms with Crippen LogP contribution in [0, 0.1) is 0 Å². The lowest BCUT2D eigenvalue weighted by Gasteiger charge is -2.04. The van der Waals surface area contributed by atoms with E-state index >= 15 is 0 Å². The fourth-order valence-electron chi connectivity index (χ4n) is 0.671. The first kappa shape index (κ1) is 10.3. The van der Waals surface area contributed by atoms with Crippen LogP contribution >= 0.6 is 12.9 Å². The third-order valence-electron chi connectivity index (χ3n) is 1.27. The zero-order valence-corrected chi connectivity index (χ0v) is 8.90. The number of alkyl halides is 3. The zero-order chi connectivity index (χ0) is 9.19. The molecule has 0 spiro atoms. The molecule has 0 aliphatic carbocycles. The van der Waals surface area contributed by atoms with Crippen LogP contribution in [0.2, 0.25) is 0 Å². The summed E-state index contributed by atoms with van der Waals surface area (Å²) in [6.45, 7) is 0. The first-order valence-electron chi connectivity index (χ1n) is 3.12. The summed E-state index contributed by atoms with van der Waals surface area (Å²) < 4.78 is 36.7. The maximum absolute atomic E-state index is 12.0. The molecule has 0 amide bonds. The van der Waals surface area contributed by atoms with Crippen molar-refractivity contribution in [2.45, 2.75) is 6.18 Å². The van der Waals surface area contributed by atoms with Crippen molar-refractivity contribution in [3.05, 3.63) is 24.0 Å². The van der Waals surface area contributed by atoms with Crippen LogP contribution in [0.15, 0.2) is 18.3 Å². The van der Waals surface area contributed by atoms with E-state index in [1.54, 1.807) is 0 Å². The number of nitrogens with zero attached hydrogens (tertiary/aromatic N) is 1. The highest BCUT2D eigenvalue weighted by Crippen LogP contribution is 2.26. The monoisotopic (exact) mass is 249 g/mol. The van der Waals surface area contributed by atoms with E-state index in [4.69, 9.17) is 0 Å². The van der Waals surface area contributed by atoms with E-state index in [9.17, 15) is 13.2 Å². The summed E-state index contributed by atoms with van der Waals surface area (Å²) in [5.41, 5.74) is -0.832. The number of halogens is 4. The van der Waals surface area contributed by atoms with Crippen molar-refractivity contribution in [3.63, 3.8) is 0 Å². The van der Waals surface area contributed by atoms with Gasteiger partial charge in [0, 0.05) is 6.20 Å². The minimum absolute atomic E-state index is 0.586. The fraction of sp³-hybridized carbons (Fsp3) is 0.167. The maximum atomic E-state index is 12.0. The first-order chi connectivity index (χ1) is 5.54. The van der Waals surface area contributed by atoms with Gasteiger partial charge in [-0.1, -0.05) is 6.07 Å². The Labute approximate surface area is 83.0 Å². The SMILES string of the molecule is FC(F)(F)c1cc[c]([Mg][Br])cn1. The minimum Gasteiger partial charge on any atom is -0.296 e. The third-order valence-corrected chi connectivity index (χ3v) is 3.94. The molecule has 0 bridgehead atoms. The van der Waals surface area contributed by atoms with Crippen molar-refractivity contribution in [3.8, 4) is 0 Å². The molecule has 1 aromatic rings. The lowest BCUT2D eigenvalue weighted by Crippen LogP contribution is -2.14. The van der Waals surface area contributed by atoms with Gasteiger partial charge in [0.25, 0.3) is 0 Å². The van der Waals surface area contributed by atoms with Crippen molar-refractivity contribution in [1.82, 2.24) is 4.98 Å². The fourth-order valence-corrected chi connectivity index (χ4v) is 2.03. The molecule has 0 saturated heterocycles. The van der Waals surface area contributed by atoms with Gasteiger partial charge in [0.1, 0.15) is 5.69 Å². The molecule has 0 atom stereocenters. The highest BCUT2D eigenvalue weighted by Gasteiger charge is 2.31. The van der Waals surface area contributed by atoms with Crippen molar-refractivity contribution < 1.29 is 13.2 Å². The second kappa shape index (κ2) is 3.93. The Kier molecular flexibility index (Phi) is 3.36. The smallest absolute Gasteiger partial charge is 0.296 e. The van der Waals surface area contributed by atoms with E-state index < -0.39 is 30.1 Å². The Bertz CT molecular complexity index is 258. The van der Waals surface area contributed by atoms with Gasteiger partial charge in [-0.25, -0.2) is 0 Å². The van der Waals surface area contributed by atoms with Crippen molar-refractivity contribution in [1.29, 1.82) is 0 Å². The van der Waals surface area contributed by atoms with Crippen LogP contribution in [0.1, 0.15) is 5.69 Å². The van der Waals surface area contributed by atoms with Gasteiger partial charge >= 0.3 is 24.4 Å². The van der Waals surface area contributed by atoms with Gasteiger partial charge in [-0.05, 0) is 6.07 Å². The Morgan fingerprint density at radius 1 is 1.33 bits per heavy atom. The van der Waals surface area contributed by atoms with Crippen molar-refractivity contribution in [2.24, 2.45) is 0 Å². The van der Waals surface area contributed by atoms with Crippen LogP contribution < -0.4 is 3.69 Å². The van der Waals surface area contributed by atoms with Crippen LogP contribution in [0.5, 0.6) is 0 Å². The van der Waals surface area contributed by atoms with Crippen molar-refractivity contribution >= 4 is 34.8 Å². The zero-order valence-electron chi connectivity index (χ0n) is 5.90. The summed E-state index contributed by atoms with van der Waals surface area (Å²) in [4.78, 5) is 3.30. The van der Waals surface area contributed by atoms with Crippen LogP contribution in [0.25, 0.3) is 0 Å². The molecule has 0 aliphatic heterocycles. The molecule has 6 heteroatoms. The number of pyridine rings is 1. The second-order valence-electron chi connectivity index (χ2n) is 2.18. The minimum atomic E-state index is -4.33. The Balaban J connectivity index is 2.93. The van der Waals surface area contributed by atoms with Crippen LogP contribution in [-0.4, -0.2) is 23.2 Å². The lowest BCUT2D eigenvalue weighted by molar-refractivity contribution is -0.141. The Hall–Kier alpha value is 0.186. The van der Waals surface area contributed by atoms with Crippen LogP contribution in [0.4, 0.5) is 13.2 Å². The van der Waals surface area contributed by atoms with Crippen molar-refractivity contribution in [2.75, 3.05) is 0 Å². The number of rotatable bonds is 1. The van der Waals surface area contributed by atoms with E-state index in [0.717, 1.165) is 9.76 Å². The Morgan fingerprint density at radius 2 is 2.00 bits per heavy atom. The summed E-state index contributed by atoms with van der Waals surface area (Å²) in [6, 6.07) is 2.46. The molecule has 1 nitrogen and oxygen atoms in total. The number of hydrogen-bond acceptors (Lipinski definition) is 1. The molecular weight excluding hydrogens is 247 g/mol. The summed E-state index contributed by atoms with van der Waals surface area (Å²) in [7, 11) is 0. The lowest BCUT2D eigenvalue weighted by atomic mass is 10.3. The van der Waals surface area contributed by atoms with Gasteiger partial charge in [0.2, 0.25) is 0 Å². The van der Waals surface area contributed by atoms with Gasteiger partial charge in [0.15, 0.2) is 0 Å². The molecule has 62 valence electrons. The summed E-state index contributed by atoms with van der Waals surface area (Å²) in [5.74, 6) is 0. The predicted molar refractivity (Wildman–Crippen MR) is 43.6 cm³/mol. The van der Waals surface area contributed by atoms with E-state index in [0.29, 0.717) is 0 Å². The van der Waals surface area contributed by atoms with E-state index in [2.05, 4.69) is 17.9 Å². The second-order valence-corrected chi connectivity index (χ2v) is 4.95. The summed E-state index contributed by atoms with van der Waals surface area (Å²) in [6.07, 6.45) is -3.06. The number of hydrogen-bond donors (Lipinski definition) is 0. The molecule has 0 aliphatic rings. The molecular formula is C6H3BrF3MgN. The van der Waals surface area contributed by atoms with Gasteiger partial charge in [-0.2, -0.15) is 13.2 Å². The third kappa shape index (κ3) is 2.60. The molecule has 12 heavy (non-hydrogen) atoms. The van der Waals surface area contributed by atoms with Gasteiger partial charge in [-0.15, -0.1) is 3.69 Å². The molecule has 1 rings (SSSR count). The standard InChI is InChI=1S/C6H3F3N.BrH.Mg/c7-6(8,9)5-3-1-2-4-10-5;;/h1,3-4H;1H;/q;;+1/p-1. The average Bonchev–Trinajstić information content (AvgIpc) is 2.03. The van der Waals surface area contributed by atoms with E-state index in [-0.39, 0.29) is 0 Å². The van der Waals surface area contributed by atoms with Crippen LogP contribution in [-0.2, 0) is 6.18 Å². The molecule has 0 N–H and O–H groups in total. The molecule has 0 unspecified atom stereocenters. The van der Waals surface area contributed by atoms with E-state index in [1.165, 1.54) is 12.3 Å². The predicted octanol–water partition coefficient (Wildman–Crippen LogP) is 1.74. The van der Waals surface area contributed by atoms with Crippen LogP contribution in [0.3, 0.4) is 0 Å². The molecule has 1 aromatic heterocycles. The quantitative estimate of drug-likeness (QED) is 0.692. The van der Waals surface area contributed by atoms with E-state index in [1.807, 2.05) is 0 Å².